The van der Waals surface area contributed by atoms with Gasteiger partial charge in [0, 0.05) is 29.4 Å². The second kappa shape index (κ2) is 7.03. The Kier molecular flexibility index (Phi) is 4.20. The van der Waals surface area contributed by atoms with Crippen LogP contribution in [0.5, 0.6) is 5.75 Å². The van der Waals surface area contributed by atoms with E-state index in [0.29, 0.717) is 0 Å². The van der Waals surface area contributed by atoms with Gasteiger partial charge in [-0.1, -0.05) is 6.07 Å². The summed E-state index contributed by atoms with van der Waals surface area (Å²) in [6.45, 7) is 10.5. The van der Waals surface area contributed by atoms with Crippen LogP contribution in [0.25, 0.3) is 27.8 Å². The lowest BCUT2D eigenvalue weighted by Gasteiger charge is -2.29. The van der Waals surface area contributed by atoms with Gasteiger partial charge in [-0.3, -0.25) is 9.25 Å². The van der Waals surface area contributed by atoms with Gasteiger partial charge in [-0.25, -0.2) is 15.0 Å². The lowest BCUT2D eigenvalue weighted by Crippen LogP contribution is -2.34. The highest BCUT2D eigenvalue weighted by atomic mass is 16.3. The number of nitrogens with zero attached hydrogens (tertiary/aromatic N) is 7. The molecule has 0 unspecified atom stereocenters. The number of benzene rings is 1. The number of phenolic OH excluding ortho intramolecular Hbond substituents is 1. The molecule has 0 bridgehead atoms. The van der Waals surface area contributed by atoms with Crippen LogP contribution in [0.15, 0.2) is 36.8 Å². The number of pyridine rings is 1. The molecular weight excluding hydrogens is 414 g/mol. The minimum atomic E-state index is 0.257. The summed E-state index contributed by atoms with van der Waals surface area (Å²) in [5.74, 6) is 1.16. The van der Waals surface area contributed by atoms with Crippen molar-refractivity contribution in [3.8, 4) is 11.4 Å². The quantitative estimate of drug-likeness (QED) is 0.445. The number of aromatic nitrogens is 6. The van der Waals surface area contributed by atoms with Crippen molar-refractivity contribution in [1.82, 2.24) is 29.3 Å². The van der Waals surface area contributed by atoms with Crippen LogP contribution in [-0.4, -0.2) is 41.0 Å². The number of anilines is 1. The molecule has 0 saturated heterocycles. The fourth-order valence-corrected chi connectivity index (χ4v) is 4.91. The summed E-state index contributed by atoms with van der Waals surface area (Å²) in [5.41, 5.74) is 7.64. The summed E-state index contributed by atoms with van der Waals surface area (Å²) in [7, 11) is 0. The van der Waals surface area contributed by atoms with Crippen LogP contribution in [-0.2, 0) is 13.1 Å². The molecule has 1 N–H and O–H groups in total. The predicted molar refractivity (Wildman–Crippen MR) is 128 cm³/mol. The van der Waals surface area contributed by atoms with Gasteiger partial charge in [0.1, 0.15) is 23.5 Å². The molecule has 0 amide bonds. The number of hydrogen-bond acceptors (Lipinski definition) is 6. The van der Waals surface area contributed by atoms with E-state index in [4.69, 9.17) is 15.0 Å². The molecule has 0 radical (unpaired) electrons. The fourth-order valence-electron chi connectivity index (χ4n) is 4.91. The maximum atomic E-state index is 10.5. The first-order valence-electron chi connectivity index (χ1n) is 11.1. The molecule has 166 valence electrons. The summed E-state index contributed by atoms with van der Waals surface area (Å²) in [4.78, 5) is 16.8. The number of rotatable bonds is 2. The van der Waals surface area contributed by atoms with Crippen LogP contribution in [0, 0.1) is 27.7 Å². The average Bonchev–Trinajstić information content (AvgIpc) is 3.40. The number of aromatic hydroxyl groups is 1. The van der Waals surface area contributed by atoms with E-state index >= 15 is 0 Å². The van der Waals surface area contributed by atoms with Crippen molar-refractivity contribution in [2.45, 2.75) is 40.8 Å². The van der Waals surface area contributed by atoms with Crippen LogP contribution in [0.2, 0.25) is 0 Å². The minimum Gasteiger partial charge on any atom is -0.508 e. The highest BCUT2D eigenvalue weighted by Crippen LogP contribution is 2.39. The van der Waals surface area contributed by atoms with Gasteiger partial charge in [-0.05, 0) is 57.0 Å². The number of phenols is 1. The predicted octanol–water partition coefficient (Wildman–Crippen LogP) is 4.12. The van der Waals surface area contributed by atoms with Gasteiger partial charge in [0.2, 0.25) is 0 Å². The number of aryl methyl sites for hydroxylation is 3. The van der Waals surface area contributed by atoms with Gasteiger partial charge in [-0.2, -0.15) is 5.10 Å². The Morgan fingerprint density at radius 2 is 1.79 bits per heavy atom. The van der Waals surface area contributed by atoms with E-state index in [9.17, 15) is 5.11 Å². The van der Waals surface area contributed by atoms with Gasteiger partial charge in [-0.15, -0.1) is 0 Å². The largest absolute Gasteiger partial charge is 0.508 e. The smallest absolute Gasteiger partial charge is 0.152 e. The Hall–Kier alpha value is -3.94. The van der Waals surface area contributed by atoms with E-state index in [2.05, 4.69) is 33.6 Å². The van der Waals surface area contributed by atoms with Gasteiger partial charge < -0.3 is 10.0 Å². The molecule has 5 heterocycles. The van der Waals surface area contributed by atoms with Gasteiger partial charge in [0.05, 0.1) is 29.9 Å². The highest BCUT2D eigenvalue weighted by Gasteiger charge is 2.26. The van der Waals surface area contributed by atoms with Crippen molar-refractivity contribution < 1.29 is 5.11 Å². The number of hydrogen-bond donors (Lipinski definition) is 1. The molecule has 1 aromatic carbocycles. The summed E-state index contributed by atoms with van der Waals surface area (Å²) >= 11 is 0. The Morgan fingerprint density at radius 1 is 0.939 bits per heavy atom. The van der Waals surface area contributed by atoms with Crippen LogP contribution >= 0.6 is 0 Å². The van der Waals surface area contributed by atoms with Crippen LogP contribution in [0.3, 0.4) is 0 Å². The summed E-state index contributed by atoms with van der Waals surface area (Å²) in [6, 6.07) is 7.92. The van der Waals surface area contributed by atoms with Gasteiger partial charge in [0.25, 0.3) is 0 Å². The fraction of sp³-hybridized carbons (Fsp3) is 0.280. The number of fused-ring (bicyclic) bond motifs is 4. The standard InChI is InChI=1S/C25H25N7O/c1-14-5-6-20(33)16(3)22(14)32-23-19(11-15(2)17(4)29-23)21-24(26-13-27-25(21)32)30-9-10-31-18(12-30)7-8-28-31/h5-8,11,13,33H,9-10,12H2,1-4H3. The first kappa shape index (κ1) is 19.7. The third-order valence-corrected chi connectivity index (χ3v) is 6.81. The Bertz CT molecular complexity index is 1560. The zero-order chi connectivity index (χ0) is 22.9. The molecule has 0 atom stereocenters. The molecule has 1 aliphatic rings. The van der Waals surface area contributed by atoms with E-state index in [0.717, 1.165) is 75.6 Å². The molecule has 0 fully saturated rings. The van der Waals surface area contributed by atoms with Crippen molar-refractivity contribution in [1.29, 1.82) is 0 Å². The topological polar surface area (TPSA) is 84.9 Å². The normalized spacial score (nSPS) is 13.8. The molecule has 1 aliphatic heterocycles. The Labute approximate surface area is 191 Å². The second-order valence-corrected chi connectivity index (χ2v) is 8.84. The highest BCUT2D eigenvalue weighted by molar-refractivity contribution is 6.12. The molecule has 8 nitrogen and oxygen atoms in total. The second-order valence-electron chi connectivity index (χ2n) is 8.84. The van der Waals surface area contributed by atoms with Crippen molar-refractivity contribution >= 4 is 27.9 Å². The van der Waals surface area contributed by atoms with E-state index < -0.39 is 0 Å². The molecule has 33 heavy (non-hydrogen) atoms. The average molecular weight is 440 g/mol. The maximum absolute atomic E-state index is 10.5. The van der Waals surface area contributed by atoms with Crippen molar-refractivity contribution in [2.24, 2.45) is 0 Å². The van der Waals surface area contributed by atoms with Crippen LogP contribution < -0.4 is 4.90 Å². The van der Waals surface area contributed by atoms with Gasteiger partial charge in [0.15, 0.2) is 5.65 Å². The molecule has 8 heteroatoms. The van der Waals surface area contributed by atoms with Crippen molar-refractivity contribution in [2.75, 3.05) is 11.4 Å². The lowest BCUT2D eigenvalue weighted by atomic mass is 10.1. The third-order valence-electron chi connectivity index (χ3n) is 6.81. The minimum absolute atomic E-state index is 0.257. The van der Waals surface area contributed by atoms with Crippen LogP contribution in [0.4, 0.5) is 5.82 Å². The van der Waals surface area contributed by atoms with E-state index in [-0.39, 0.29) is 5.75 Å². The summed E-state index contributed by atoms with van der Waals surface area (Å²) in [6.07, 6.45) is 3.48. The first-order chi connectivity index (χ1) is 15.9. The van der Waals surface area contributed by atoms with E-state index in [1.807, 2.05) is 37.7 Å². The molecule has 4 aromatic heterocycles. The summed E-state index contributed by atoms with van der Waals surface area (Å²) < 4.78 is 4.13. The Morgan fingerprint density at radius 3 is 2.64 bits per heavy atom. The zero-order valence-electron chi connectivity index (χ0n) is 19.2. The van der Waals surface area contributed by atoms with Crippen molar-refractivity contribution in [3.05, 3.63) is 64.9 Å². The first-order valence-corrected chi connectivity index (χ1v) is 11.1. The molecule has 0 aliphatic carbocycles. The third kappa shape index (κ3) is 2.83. The zero-order valence-corrected chi connectivity index (χ0v) is 19.2. The molecule has 5 aromatic rings. The Balaban J connectivity index is 1.70. The summed E-state index contributed by atoms with van der Waals surface area (Å²) in [5, 5.41) is 16.9. The maximum Gasteiger partial charge on any atom is 0.152 e. The van der Waals surface area contributed by atoms with E-state index in [1.54, 1.807) is 12.4 Å². The van der Waals surface area contributed by atoms with Crippen molar-refractivity contribution in [3.63, 3.8) is 0 Å². The molecule has 6 rings (SSSR count). The SMILES string of the molecule is Cc1cc2c3c(N4CCn5nccc5C4)ncnc3n(-c3c(C)ccc(O)c3C)c2nc1C. The molecule has 0 spiro atoms. The van der Waals surface area contributed by atoms with Gasteiger partial charge >= 0.3 is 0 Å². The van der Waals surface area contributed by atoms with Crippen LogP contribution in [0.1, 0.15) is 28.1 Å². The molecular formula is C25H25N7O. The van der Waals surface area contributed by atoms with E-state index in [1.165, 1.54) is 5.69 Å². The monoisotopic (exact) mass is 439 g/mol. The lowest BCUT2D eigenvalue weighted by molar-refractivity contribution is 0.470. The molecule has 0 saturated carbocycles.